The fourth-order valence-corrected chi connectivity index (χ4v) is 2.74. The van der Waals surface area contributed by atoms with Crippen molar-refractivity contribution in [1.82, 2.24) is 4.90 Å². The summed E-state index contributed by atoms with van der Waals surface area (Å²) in [5, 5.41) is 9.45. The van der Waals surface area contributed by atoms with Crippen LogP contribution in [-0.2, 0) is 0 Å². The second-order valence-electron chi connectivity index (χ2n) is 5.40. The van der Waals surface area contributed by atoms with Gasteiger partial charge < -0.3 is 4.90 Å². The van der Waals surface area contributed by atoms with Crippen LogP contribution >= 0.6 is 0 Å². The Morgan fingerprint density at radius 1 is 1.22 bits per heavy atom. The predicted molar refractivity (Wildman–Crippen MR) is 74.6 cm³/mol. The van der Waals surface area contributed by atoms with E-state index < -0.39 is 0 Å². The fourth-order valence-electron chi connectivity index (χ4n) is 2.74. The standard InChI is InChI=1S/C16H22N2/c1-13-6-7-14(2)16(10-13)15(11-17)12-18-8-4-3-5-9-18/h6-7,10,15H,3-5,8-9,12H2,1-2H3. The number of nitriles is 1. The summed E-state index contributed by atoms with van der Waals surface area (Å²) in [7, 11) is 0. The van der Waals surface area contributed by atoms with E-state index in [2.05, 4.69) is 43.0 Å². The van der Waals surface area contributed by atoms with Crippen molar-refractivity contribution >= 4 is 0 Å². The summed E-state index contributed by atoms with van der Waals surface area (Å²) in [5.41, 5.74) is 3.70. The zero-order valence-corrected chi connectivity index (χ0v) is 11.4. The molecule has 1 aromatic carbocycles. The highest BCUT2D eigenvalue weighted by Gasteiger charge is 2.19. The van der Waals surface area contributed by atoms with Crippen LogP contribution in [0.25, 0.3) is 0 Å². The summed E-state index contributed by atoms with van der Waals surface area (Å²) < 4.78 is 0. The van der Waals surface area contributed by atoms with E-state index in [1.807, 2.05) is 0 Å². The minimum absolute atomic E-state index is 0.0167. The Morgan fingerprint density at radius 3 is 2.61 bits per heavy atom. The molecule has 1 fully saturated rings. The van der Waals surface area contributed by atoms with Crippen LogP contribution in [0.15, 0.2) is 18.2 Å². The van der Waals surface area contributed by atoms with E-state index in [4.69, 9.17) is 0 Å². The molecule has 0 N–H and O–H groups in total. The van der Waals surface area contributed by atoms with Gasteiger partial charge in [-0.25, -0.2) is 0 Å². The molecule has 0 aromatic heterocycles. The monoisotopic (exact) mass is 242 g/mol. The first-order valence-electron chi connectivity index (χ1n) is 6.90. The molecule has 0 aliphatic carbocycles. The summed E-state index contributed by atoms with van der Waals surface area (Å²) in [5.74, 6) is 0.0167. The van der Waals surface area contributed by atoms with Gasteiger partial charge in [0.1, 0.15) is 0 Å². The lowest BCUT2D eigenvalue weighted by molar-refractivity contribution is 0.225. The minimum Gasteiger partial charge on any atom is -0.302 e. The second kappa shape index (κ2) is 6.02. The number of piperidine rings is 1. The van der Waals surface area contributed by atoms with Gasteiger partial charge in [0.15, 0.2) is 0 Å². The van der Waals surface area contributed by atoms with Crippen molar-refractivity contribution in [1.29, 1.82) is 5.26 Å². The summed E-state index contributed by atoms with van der Waals surface area (Å²) >= 11 is 0. The average Bonchev–Trinajstić information content (AvgIpc) is 2.40. The van der Waals surface area contributed by atoms with Crippen LogP contribution in [0.4, 0.5) is 0 Å². The molecule has 1 atom stereocenters. The van der Waals surface area contributed by atoms with Gasteiger partial charge in [0.2, 0.25) is 0 Å². The normalized spacial score (nSPS) is 18.3. The molecule has 1 aromatic rings. The first kappa shape index (κ1) is 13.1. The average molecular weight is 242 g/mol. The third-order valence-electron chi connectivity index (χ3n) is 3.86. The Bertz CT molecular complexity index is 439. The number of benzene rings is 1. The molecular weight excluding hydrogens is 220 g/mol. The van der Waals surface area contributed by atoms with Crippen molar-refractivity contribution < 1.29 is 0 Å². The van der Waals surface area contributed by atoms with Crippen molar-refractivity contribution in [3.05, 3.63) is 34.9 Å². The van der Waals surface area contributed by atoms with Crippen molar-refractivity contribution in [2.75, 3.05) is 19.6 Å². The molecule has 1 unspecified atom stereocenters. The maximum Gasteiger partial charge on any atom is 0.0842 e. The SMILES string of the molecule is Cc1ccc(C)c(C(C#N)CN2CCCCC2)c1. The van der Waals surface area contributed by atoms with Crippen molar-refractivity contribution in [2.24, 2.45) is 0 Å². The molecule has 0 radical (unpaired) electrons. The number of hydrogen-bond acceptors (Lipinski definition) is 2. The Kier molecular flexibility index (Phi) is 4.38. The summed E-state index contributed by atoms with van der Waals surface area (Å²) in [4.78, 5) is 2.44. The van der Waals surface area contributed by atoms with Crippen LogP contribution < -0.4 is 0 Å². The quantitative estimate of drug-likeness (QED) is 0.812. The van der Waals surface area contributed by atoms with Gasteiger partial charge >= 0.3 is 0 Å². The molecule has 0 amide bonds. The van der Waals surface area contributed by atoms with Gasteiger partial charge in [0, 0.05) is 6.54 Å². The number of hydrogen-bond donors (Lipinski definition) is 0. The lowest BCUT2D eigenvalue weighted by Crippen LogP contribution is -2.33. The third kappa shape index (κ3) is 3.11. The van der Waals surface area contributed by atoms with E-state index in [1.165, 1.54) is 36.0 Å². The molecule has 0 saturated carbocycles. The highest BCUT2D eigenvalue weighted by molar-refractivity contribution is 5.36. The molecule has 2 heteroatoms. The number of nitrogens with zero attached hydrogens (tertiary/aromatic N) is 2. The fraction of sp³-hybridized carbons (Fsp3) is 0.562. The van der Waals surface area contributed by atoms with Gasteiger partial charge in [-0.2, -0.15) is 5.26 Å². The van der Waals surface area contributed by atoms with Gasteiger partial charge in [-0.15, -0.1) is 0 Å². The van der Waals surface area contributed by atoms with E-state index in [1.54, 1.807) is 0 Å². The Morgan fingerprint density at radius 2 is 1.94 bits per heavy atom. The van der Waals surface area contributed by atoms with Crippen LogP contribution in [0.3, 0.4) is 0 Å². The topological polar surface area (TPSA) is 27.0 Å². The van der Waals surface area contributed by atoms with Gasteiger partial charge in [-0.3, -0.25) is 0 Å². The van der Waals surface area contributed by atoms with Gasteiger partial charge in [0.05, 0.1) is 12.0 Å². The van der Waals surface area contributed by atoms with Crippen LogP contribution in [-0.4, -0.2) is 24.5 Å². The molecule has 1 aliphatic heterocycles. The Labute approximate surface area is 110 Å². The van der Waals surface area contributed by atoms with E-state index >= 15 is 0 Å². The first-order valence-corrected chi connectivity index (χ1v) is 6.90. The summed E-state index contributed by atoms with van der Waals surface area (Å²) in [6, 6.07) is 8.92. The van der Waals surface area contributed by atoms with Gasteiger partial charge in [-0.1, -0.05) is 30.2 Å². The maximum absolute atomic E-state index is 9.45. The summed E-state index contributed by atoms with van der Waals surface area (Å²) in [6.45, 7) is 7.40. The van der Waals surface area contributed by atoms with Crippen LogP contribution in [0.5, 0.6) is 0 Å². The van der Waals surface area contributed by atoms with Crippen LogP contribution in [0.1, 0.15) is 41.9 Å². The molecular formula is C16H22N2. The van der Waals surface area contributed by atoms with E-state index in [0.717, 1.165) is 19.6 Å². The van der Waals surface area contributed by atoms with E-state index in [-0.39, 0.29) is 5.92 Å². The highest BCUT2D eigenvalue weighted by atomic mass is 15.1. The smallest absolute Gasteiger partial charge is 0.0842 e. The minimum atomic E-state index is 0.0167. The largest absolute Gasteiger partial charge is 0.302 e. The molecule has 0 bridgehead atoms. The Hall–Kier alpha value is -1.33. The predicted octanol–water partition coefficient (Wildman–Crippen LogP) is 3.40. The van der Waals surface area contributed by atoms with Crippen LogP contribution in [0, 0.1) is 25.2 Å². The van der Waals surface area contributed by atoms with Crippen molar-refractivity contribution in [3.8, 4) is 6.07 Å². The third-order valence-corrected chi connectivity index (χ3v) is 3.86. The van der Waals surface area contributed by atoms with Crippen molar-refractivity contribution in [3.63, 3.8) is 0 Å². The molecule has 1 heterocycles. The Balaban J connectivity index is 2.12. The highest BCUT2D eigenvalue weighted by Crippen LogP contribution is 2.23. The zero-order chi connectivity index (χ0) is 13.0. The van der Waals surface area contributed by atoms with Crippen LogP contribution in [0.2, 0.25) is 0 Å². The molecule has 18 heavy (non-hydrogen) atoms. The molecule has 2 rings (SSSR count). The second-order valence-corrected chi connectivity index (χ2v) is 5.40. The molecule has 0 spiro atoms. The zero-order valence-electron chi connectivity index (χ0n) is 11.4. The maximum atomic E-state index is 9.45. The summed E-state index contributed by atoms with van der Waals surface area (Å²) in [6.07, 6.45) is 3.91. The first-order chi connectivity index (χ1) is 8.70. The van der Waals surface area contributed by atoms with E-state index in [0.29, 0.717) is 0 Å². The van der Waals surface area contributed by atoms with Gasteiger partial charge in [-0.05, 0) is 50.9 Å². The molecule has 1 saturated heterocycles. The van der Waals surface area contributed by atoms with Crippen molar-refractivity contribution in [2.45, 2.75) is 39.0 Å². The van der Waals surface area contributed by atoms with E-state index in [9.17, 15) is 5.26 Å². The molecule has 1 aliphatic rings. The molecule has 2 nitrogen and oxygen atoms in total. The number of aryl methyl sites for hydroxylation is 2. The molecule has 96 valence electrons. The number of rotatable bonds is 3. The lowest BCUT2D eigenvalue weighted by Gasteiger charge is -2.28. The lowest BCUT2D eigenvalue weighted by atomic mass is 9.93. The number of likely N-dealkylation sites (tertiary alicyclic amines) is 1. The van der Waals surface area contributed by atoms with Gasteiger partial charge in [0.25, 0.3) is 0 Å².